The number of phenols is 1. The van der Waals surface area contributed by atoms with Crippen LogP contribution >= 0.6 is 15.9 Å². The van der Waals surface area contributed by atoms with Crippen LogP contribution in [0.3, 0.4) is 0 Å². The van der Waals surface area contributed by atoms with E-state index in [-0.39, 0.29) is 11.8 Å². The van der Waals surface area contributed by atoms with Crippen molar-refractivity contribution in [2.75, 3.05) is 13.7 Å². The van der Waals surface area contributed by atoms with E-state index in [1.165, 1.54) is 7.11 Å². The summed E-state index contributed by atoms with van der Waals surface area (Å²) in [5, 5.41) is 22.2. The van der Waals surface area contributed by atoms with Crippen LogP contribution in [0.15, 0.2) is 10.5 Å². The van der Waals surface area contributed by atoms with E-state index in [4.69, 9.17) is 9.84 Å². The molecule has 0 radical (unpaired) electrons. The molecule has 2 unspecified atom stereocenters. The highest BCUT2D eigenvalue weighted by Crippen LogP contribution is 2.43. The molecule has 1 aromatic carbocycles. The zero-order valence-electron chi connectivity index (χ0n) is 10.7. The number of halogens is 1. The number of hydrogen-bond acceptors (Lipinski definition) is 4. The molecule has 0 bridgehead atoms. The molecule has 0 aliphatic carbocycles. The lowest BCUT2D eigenvalue weighted by atomic mass is 9.95. The smallest absolute Gasteiger partial charge is 0.307 e. The first-order chi connectivity index (χ1) is 8.95. The van der Waals surface area contributed by atoms with Gasteiger partial charge in [-0.3, -0.25) is 4.79 Å². The lowest BCUT2D eigenvalue weighted by Gasteiger charge is -2.20. The molecule has 5 nitrogen and oxygen atoms in total. The summed E-state index contributed by atoms with van der Waals surface area (Å²) in [6.07, 6.45) is 0.489. The molecule has 0 aromatic heterocycles. The van der Waals surface area contributed by atoms with Crippen molar-refractivity contribution in [1.29, 1.82) is 0 Å². The van der Waals surface area contributed by atoms with E-state index in [2.05, 4.69) is 21.2 Å². The second kappa shape index (κ2) is 5.38. The SMILES string of the molecule is COc1c(O)cc(Br)c(C)c1C1CC(C(=O)O)CN1. The Kier molecular flexibility index (Phi) is 4.01. The standard InChI is InChI=1S/C13H16BrNO4/c1-6-8(14)4-10(16)12(19-2)11(6)9-3-7(5-15-9)13(17)18/h4,7,9,15-16H,3,5H2,1-2H3,(H,17,18). The molecule has 0 spiro atoms. The van der Waals surface area contributed by atoms with Crippen molar-refractivity contribution >= 4 is 21.9 Å². The van der Waals surface area contributed by atoms with Crippen molar-refractivity contribution in [3.8, 4) is 11.5 Å². The Hall–Kier alpha value is -1.27. The lowest BCUT2D eigenvalue weighted by Crippen LogP contribution is -2.18. The summed E-state index contributed by atoms with van der Waals surface area (Å²) in [7, 11) is 1.50. The Morgan fingerprint density at radius 3 is 2.79 bits per heavy atom. The Bertz CT molecular complexity index is 518. The van der Waals surface area contributed by atoms with Crippen molar-refractivity contribution in [2.24, 2.45) is 5.92 Å². The van der Waals surface area contributed by atoms with E-state index < -0.39 is 11.9 Å². The van der Waals surface area contributed by atoms with Gasteiger partial charge in [0, 0.05) is 22.6 Å². The number of methoxy groups -OCH3 is 1. The number of benzene rings is 1. The summed E-state index contributed by atoms with van der Waals surface area (Å²) >= 11 is 3.39. The average molecular weight is 330 g/mol. The van der Waals surface area contributed by atoms with Gasteiger partial charge in [0.2, 0.25) is 0 Å². The summed E-state index contributed by atoms with van der Waals surface area (Å²) in [5.74, 6) is -0.749. The van der Waals surface area contributed by atoms with Gasteiger partial charge in [-0.25, -0.2) is 0 Å². The fraction of sp³-hybridized carbons (Fsp3) is 0.462. The molecular weight excluding hydrogens is 314 g/mol. The topological polar surface area (TPSA) is 78.8 Å². The molecular formula is C13H16BrNO4. The number of hydrogen-bond donors (Lipinski definition) is 3. The monoisotopic (exact) mass is 329 g/mol. The lowest BCUT2D eigenvalue weighted by molar-refractivity contribution is -0.141. The first-order valence-corrected chi connectivity index (χ1v) is 6.77. The van der Waals surface area contributed by atoms with Crippen LogP contribution in [0.4, 0.5) is 0 Å². The van der Waals surface area contributed by atoms with Crippen molar-refractivity contribution in [3.63, 3.8) is 0 Å². The van der Waals surface area contributed by atoms with Crippen LogP contribution in [-0.4, -0.2) is 29.8 Å². The third kappa shape index (κ3) is 2.55. The van der Waals surface area contributed by atoms with Crippen LogP contribution in [0, 0.1) is 12.8 Å². The third-order valence-electron chi connectivity index (χ3n) is 3.54. The highest BCUT2D eigenvalue weighted by atomic mass is 79.9. The van der Waals surface area contributed by atoms with Crippen LogP contribution in [0.2, 0.25) is 0 Å². The first kappa shape index (κ1) is 14.1. The Morgan fingerprint density at radius 2 is 2.26 bits per heavy atom. The zero-order chi connectivity index (χ0) is 14.2. The molecule has 1 saturated heterocycles. The number of carbonyl (C=O) groups is 1. The van der Waals surface area contributed by atoms with Gasteiger partial charge in [0.1, 0.15) is 0 Å². The second-order valence-corrected chi connectivity index (χ2v) is 5.54. The molecule has 3 N–H and O–H groups in total. The minimum absolute atomic E-state index is 0.0514. The predicted molar refractivity (Wildman–Crippen MR) is 73.6 cm³/mol. The van der Waals surface area contributed by atoms with E-state index >= 15 is 0 Å². The summed E-state index contributed by atoms with van der Waals surface area (Å²) < 4.78 is 6.04. The maximum atomic E-state index is 11.0. The highest BCUT2D eigenvalue weighted by molar-refractivity contribution is 9.10. The van der Waals surface area contributed by atoms with Crippen molar-refractivity contribution in [3.05, 3.63) is 21.7 Å². The molecule has 6 heteroatoms. The maximum Gasteiger partial charge on any atom is 0.307 e. The largest absolute Gasteiger partial charge is 0.504 e. The minimum atomic E-state index is -0.800. The summed E-state index contributed by atoms with van der Waals surface area (Å²) in [6, 6.07) is 1.46. The van der Waals surface area contributed by atoms with Gasteiger partial charge < -0.3 is 20.3 Å². The fourth-order valence-electron chi connectivity index (χ4n) is 2.51. The molecule has 1 aliphatic heterocycles. The van der Waals surface area contributed by atoms with Gasteiger partial charge in [0.25, 0.3) is 0 Å². The van der Waals surface area contributed by atoms with Crippen LogP contribution < -0.4 is 10.1 Å². The molecule has 0 saturated carbocycles. The number of aliphatic carboxylic acids is 1. The Morgan fingerprint density at radius 1 is 1.58 bits per heavy atom. The zero-order valence-corrected chi connectivity index (χ0v) is 12.3. The predicted octanol–water partition coefficient (Wildman–Crippen LogP) is 2.21. The van der Waals surface area contributed by atoms with E-state index in [9.17, 15) is 9.90 Å². The van der Waals surface area contributed by atoms with E-state index in [1.54, 1.807) is 6.07 Å². The molecule has 2 rings (SSSR count). The van der Waals surface area contributed by atoms with Crippen LogP contribution in [-0.2, 0) is 4.79 Å². The number of ether oxygens (including phenoxy) is 1. The normalized spacial score (nSPS) is 22.5. The van der Waals surface area contributed by atoms with Gasteiger partial charge >= 0.3 is 5.97 Å². The van der Waals surface area contributed by atoms with Gasteiger partial charge in [0.05, 0.1) is 13.0 Å². The Balaban J connectivity index is 2.42. The number of carboxylic acid groups (broad SMARTS) is 1. The molecule has 1 aliphatic rings. The minimum Gasteiger partial charge on any atom is -0.504 e. The number of nitrogens with one attached hydrogen (secondary N) is 1. The molecule has 19 heavy (non-hydrogen) atoms. The first-order valence-electron chi connectivity index (χ1n) is 5.97. The van der Waals surface area contributed by atoms with E-state index in [0.29, 0.717) is 18.7 Å². The van der Waals surface area contributed by atoms with Crippen LogP contribution in [0.5, 0.6) is 11.5 Å². The number of carboxylic acids is 1. The average Bonchev–Trinajstić information content (AvgIpc) is 2.82. The van der Waals surface area contributed by atoms with E-state index in [0.717, 1.165) is 15.6 Å². The van der Waals surface area contributed by atoms with Crippen LogP contribution in [0.1, 0.15) is 23.6 Å². The molecule has 104 valence electrons. The van der Waals surface area contributed by atoms with Gasteiger partial charge in [-0.15, -0.1) is 0 Å². The van der Waals surface area contributed by atoms with Gasteiger partial charge in [-0.2, -0.15) is 0 Å². The number of phenolic OH excluding ortho intramolecular Hbond substituents is 1. The van der Waals surface area contributed by atoms with Crippen molar-refractivity contribution in [1.82, 2.24) is 5.32 Å². The van der Waals surface area contributed by atoms with Gasteiger partial charge in [-0.05, 0) is 25.0 Å². The molecule has 1 aromatic rings. The summed E-state index contributed by atoms with van der Waals surface area (Å²) in [6.45, 7) is 2.34. The highest BCUT2D eigenvalue weighted by Gasteiger charge is 2.33. The quantitative estimate of drug-likeness (QED) is 0.792. The molecule has 1 fully saturated rings. The Labute approximate surface area is 119 Å². The van der Waals surface area contributed by atoms with Crippen molar-refractivity contribution < 1.29 is 19.7 Å². The second-order valence-electron chi connectivity index (χ2n) is 4.68. The molecule has 1 heterocycles. The fourth-order valence-corrected chi connectivity index (χ4v) is 2.94. The summed E-state index contributed by atoms with van der Waals surface area (Å²) in [4.78, 5) is 11.0. The summed E-state index contributed by atoms with van der Waals surface area (Å²) in [5.41, 5.74) is 1.76. The van der Waals surface area contributed by atoms with Crippen LogP contribution in [0.25, 0.3) is 0 Å². The molecule has 2 atom stereocenters. The third-order valence-corrected chi connectivity index (χ3v) is 4.36. The van der Waals surface area contributed by atoms with Crippen molar-refractivity contribution in [2.45, 2.75) is 19.4 Å². The number of aromatic hydroxyl groups is 1. The maximum absolute atomic E-state index is 11.0. The van der Waals surface area contributed by atoms with Gasteiger partial charge in [-0.1, -0.05) is 15.9 Å². The molecule has 0 amide bonds. The van der Waals surface area contributed by atoms with Gasteiger partial charge in [0.15, 0.2) is 11.5 Å². The number of rotatable bonds is 3. The van der Waals surface area contributed by atoms with E-state index in [1.807, 2.05) is 6.92 Å².